The molecule has 0 heterocycles. The zero-order valence-corrected chi connectivity index (χ0v) is 22.6. The van der Waals surface area contributed by atoms with Crippen molar-refractivity contribution in [2.24, 2.45) is 51.8 Å². The summed E-state index contributed by atoms with van der Waals surface area (Å²) in [5.41, 5.74) is 0.0606. The van der Waals surface area contributed by atoms with Gasteiger partial charge in [0.1, 0.15) is 0 Å². The van der Waals surface area contributed by atoms with E-state index < -0.39 is 11.2 Å². The molecule has 5 fully saturated rings. The zero-order chi connectivity index (χ0) is 24.0. The number of aliphatic hydroxyl groups is 2. The average Bonchev–Trinajstić information content (AvgIpc) is 3.28. The van der Waals surface area contributed by atoms with Crippen molar-refractivity contribution in [2.75, 3.05) is 7.11 Å². The lowest BCUT2D eigenvalue weighted by Gasteiger charge is -2.57. The summed E-state index contributed by atoms with van der Waals surface area (Å²) in [6.07, 6.45) is 13.8. The molecule has 0 amide bonds. The predicted molar refractivity (Wildman–Crippen MR) is 134 cm³/mol. The van der Waals surface area contributed by atoms with Gasteiger partial charge in [0, 0.05) is 7.11 Å². The molecule has 33 heavy (non-hydrogen) atoms. The van der Waals surface area contributed by atoms with Crippen molar-refractivity contribution in [3.63, 3.8) is 0 Å². The van der Waals surface area contributed by atoms with Crippen LogP contribution >= 0.6 is 0 Å². The summed E-state index contributed by atoms with van der Waals surface area (Å²) in [4.78, 5) is 0. The highest BCUT2D eigenvalue weighted by molar-refractivity contribution is 5.26. The Labute approximate surface area is 203 Å². The molecule has 0 bridgehead atoms. The second kappa shape index (κ2) is 7.69. The van der Waals surface area contributed by atoms with Gasteiger partial charge in [-0.25, -0.2) is 0 Å². The number of ether oxygens (including phenoxy) is 1. The minimum Gasteiger partial charge on any atom is -0.390 e. The van der Waals surface area contributed by atoms with Crippen molar-refractivity contribution in [3.05, 3.63) is 0 Å². The molecule has 0 aromatic rings. The molecule has 0 aliphatic heterocycles. The smallest absolute Gasteiger partial charge is 0.0883 e. The molecular weight excluding hydrogens is 408 g/mol. The second-order valence-electron chi connectivity index (χ2n) is 14.9. The minimum atomic E-state index is -0.680. The van der Waals surface area contributed by atoms with Gasteiger partial charge in [0.25, 0.3) is 0 Å². The highest BCUT2D eigenvalue weighted by Crippen LogP contribution is 2.83. The lowest BCUT2D eigenvalue weighted by molar-refractivity contribution is -0.181. The third-order valence-electron chi connectivity index (χ3n) is 12.9. The van der Waals surface area contributed by atoms with Gasteiger partial charge in [0.15, 0.2) is 0 Å². The van der Waals surface area contributed by atoms with Crippen LogP contribution in [0.2, 0.25) is 0 Å². The lowest BCUT2D eigenvalue weighted by atomic mass is 9.50. The Balaban J connectivity index is 1.38. The van der Waals surface area contributed by atoms with Crippen LogP contribution in [0.25, 0.3) is 0 Å². The topological polar surface area (TPSA) is 49.7 Å². The van der Waals surface area contributed by atoms with Crippen LogP contribution in [0.1, 0.15) is 112 Å². The standard InChI is InChI=1S/C30H52O3/c1-19(12-13-26(2,3)31)22-10-8-20-16-24-23-11-9-21-17-29(6,32)25(33-7)18-28(21,5)30(23,24)15-14-27(20,22)4/h19-25,31-32H,8-18H2,1-7H3/t19-,20+,21+,22-,23?,24?,25+,27+,28+,29-,30+/m1/s1. The number of hydrogen-bond acceptors (Lipinski definition) is 3. The van der Waals surface area contributed by atoms with Crippen molar-refractivity contribution in [3.8, 4) is 0 Å². The molecule has 0 saturated heterocycles. The van der Waals surface area contributed by atoms with Gasteiger partial charge in [-0.15, -0.1) is 0 Å². The summed E-state index contributed by atoms with van der Waals surface area (Å²) >= 11 is 0. The highest BCUT2D eigenvalue weighted by atomic mass is 16.5. The summed E-state index contributed by atoms with van der Waals surface area (Å²) in [5, 5.41) is 21.5. The molecule has 5 rings (SSSR count). The van der Waals surface area contributed by atoms with Crippen molar-refractivity contribution in [1.29, 1.82) is 0 Å². The third-order valence-corrected chi connectivity index (χ3v) is 12.9. The lowest BCUT2D eigenvalue weighted by Crippen LogP contribution is -2.57. The second-order valence-corrected chi connectivity index (χ2v) is 14.9. The molecular formula is C30H52O3. The maximum absolute atomic E-state index is 11.2. The molecule has 0 aromatic heterocycles. The maximum Gasteiger partial charge on any atom is 0.0883 e. The van der Waals surface area contributed by atoms with Crippen LogP contribution in [0.4, 0.5) is 0 Å². The third kappa shape index (κ3) is 3.52. The van der Waals surface area contributed by atoms with E-state index in [9.17, 15) is 10.2 Å². The monoisotopic (exact) mass is 460 g/mol. The number of fused-ring (bicyclic) bond motifs is 3. The van der Waals surface area contributed by atoms with Gasteiger partial charge >= 0.3 is 0 Å². The first-order valence-corrected chi connectivity index (χ1v) is 14.3. The quantitative estimate of drug-likeness (QED) is 0.486. The molecule has 2 N–H and O–H groups in total. The Hall–Kier alpha value is -0.120. The molecule has 0 aromatic carbocycles. The number of rotatable bonds is 5. The molecule has 190 valence electrons. The molecule has 11 atom stereocenters. The normalized spacial score (nSPS) is 54.5. The van der Waals surface area contributed by atoms with Crippen LogP contribution in [0.3, 0.4) is 0 Å². The Bertz CT molecular complexity index is 754. The molecule has 5 saturated carbocycles. The fraction of sp³-hybridized carbons (Fsp3) is 1.00. The molecule has 0 radical (unpaired) electrons. The first-order valence-electron chi connectivity index (χ1n) is 14.3. The summed E-state index contributed by atoms with van der Waals surface area (Å²) in [6.45, 7) is 13.7. The summed E-state index contributed by atoms with van der Waals surface area (Å²) in [5.74, 6) is 4.87. The summed E-state index contributed by atoms with van der Waals surface area (Å²) in [6, 6.07) is 0. The van der Waals surface area contributed by atoms with Crippen LogP contribution in [-0.2, 0) is 4.74 Å². The number of methoxy groups -OCH3 is 1. The van der Waals surface area contributed by atoms with Crippen molar-refractivity contribution in [2.45, 2.75) is 129 Å². The Morgan fingerprint density at radius 1 is 0.970 bits per heavy atom. The fourth-order valence-corrected chi connectivity index (χ4v) is 10.9. The van der Waals surface area contributed by atoms with E-state index in [0.717, 1.165) is 49.4 Å². The van der Waals surface area contributed by atoms with Crippen LogP contribution in [0.5, 0.6) is 0 Å². The van der Waals surface area contributed by atoms with E-state index in [0.29, 0.717) is 28.1 Å². The highest BCUT2D eigenvalue weighted by Gasteiger charge is 2.77. The van der Waals surface area contributed by atoms with E-state index >= 15 is 0 Å². The van der Waals surface area contributed by atoms with Gasteiger partial charge in [0.05, 0.1) is 17.3 Å². The van der Waals surface area contributed by atoms with Crippen LogP contribution in [-0.4, -0.2) is 34.6 Å². The van der Waals surface area contributed by atoms with E-state index in [-0.39, 0.29) is 6.10 Å². The van der Waals surface area contributed by atoms with Crippen molar-refractivity contribution < 1.29 is 14.9 Å². The van der Waals surface area contributed by atoms with Crippen LogP contribution in [0, 0.1) is 51.8 Å². The first-order chi connectivity index (χ1) is 15.3. The van der Waals surface area contributed by atoms with E-state index in [1.165, 1.54) is 44.9 Å². The van der Waals surface area contributed by atoms with Gasteiger partial charge in [-0.2, -0.15) is 0 Å². The van der Waals surface area contributed by atoms with E-state index in [2.05, 4.69) is 20.8 Å². The Morgan fingerprint density at radius 3 is 2.33 bits per heavy atom. The van der Waals surface area contributed by atoms with E-state index in [1.807, 2.05) is 27.9 Å². The minimum absolute atomic E-state index is 0.0268. The van der Waals surface area contributed by atoms with Gasteiger partial charge in [0.2, 0.25) is 0 Å². The molecule has 3 heteroatoms. The average molecular weight is 461 g/mol. The van der Waals surface area contributed by atoms with Gasteiger partial charge in [-0.3, -0.25) is 0 Å². The SMILES string of the molecule is CO[C@H]1C[C@@]2(C)[C@@H](CCC3C4C[C@@H]5CC[C@H]([C@H](C)CCC(C)(C)O)[C@@]5(C)CC[C@]342)C[C@@]1(C)O. The summed E-state index contributed by atoms with van der Waals surface area (Å²) in [7, 11) is 1.81. The van der Waals surface area contributed by atoms with Crippen LogP contribution < -0.4 is 0 Å². The van der Waals surface area contributed by atoms with Gasteiger partial charge in [-0.1, -0.05) is 20.8 Å². The molecule has 5 aliphatic rings. The fourth-order valence-electron chi connectivity index (χ4n) is 10.9. The van der Waals surface area contributed by atoms with Crippen molar-refractivity contribution in [1.82, 2.24) is 0 Å². The Morgan fingerprint density at radius 2 is 1.67 bits per heavy atom. The van der Waals surface area contributed by atoms with Gasteiger partial charge in [-0.05, 0) is 143 Å². The molecule has 2 unspecified atom stereocenters. The van der Waals surface area contributed by atoms with E-state index in [4.69, 9.17) is 4.74 Å². The van der Waals surface area contributed by atoms with Crippen molar-refractivity contribution >= 4 is 0 Å². The van der Waals surface area contributed by atoms with Crippen LogP contribution in [0.15, 0.2) is 0 Å². The van der Waals surface area contributed by atoms with E-state index in [1.54, 1.807) is 0 Å². The Kier molecular flexibility index (Phi) is 5.72. The first kappa shape index (κ1) is 24.6. The number of hydrogen-bond donors (Lipinski definition) is 2. The maximum atomic E-state index is 11.2. The molecule has 3 nitrogen and oxygen atoms in total. The summed E-state index contributed by atoms with van der Waals surface area (Å²) < 4.78 is 5.92. The largest absolute Gasteiger partial charge is 0.390 e. The predicted octanol–water partition coefficient (Wildman–Crippen LogP) is 6.60. The molecule has 5 aliphatic carbocycles. The zero-order valence-electron chi connectivity index (χ0n) is 22.6. The van der Waals surface area contributed by atoms with Gasteiger partial charge < -0.3 is 14.9 Å². The molecule has 1 spiro atoms.